The van der Waals surface area contributed by atoms with Gasteiger partial charge in [-0.3, -0.25) is 4.79 Å². The van der Waals surface area contributed by atoms with Crippen LogP contribution in [0.5, 0.6) is 0 Å². The maximum Gasteiger partial charge on any atom is 0.270 e. The molecule has 0 atom stereocenters. The first-order valence-electron chi connectivity index (χ1n) is 11.0. The molecule has 1 aliphatic carbocycles. The first-order chi connectivity index (χ1) is 15.4. The highest BCUT2D eigenvalue weighted by atomic mass is 32.2. The van der Waals surface area contributed by atoms with Crippen molar-refractivity contribution in [2.45, 2.75) is 44.0 Å². The molecule has 0 unspecified atom stereocenters. The van der Waals surface area contributed by atoms with Crippen LogP contribution >= 0.6 is 0 Å². The van der Waals surface area contributed by atoms with Crippen molar-refractivity contribution in [3.8, 4) is 5.69 Å². The summed E-state index contributed by atoms with van der Waals surface area (Å²) in [6, 6.07) is 18.2. The zero-order valence-corrected chi connectivity index (χ0v) is 19.2. The van der Waals surface area contributed by atoms with Crippen LogP contribution in [0.15, 0.2) is 65.6 Å². The fourth-order valence-electron chi connectivity index (χ4n) is 3.67. The number of carbonyl (C=O) groups is 1. The van der Waals surface area contributed by atoms with Crippen molar-refractivity contribution in [1.29, 1.82) is 0 Å². The van der Waals surface area contributed by atoms with E-state index in [4.69, 9.17) is 0 Å². The van der Waals surface area contributed by atoms with Crippen molar-refractivity contribution in [3.63, 3.8) is 0 Å². The maximum atomic E-state index is 13.0. The zero-order chi connectivity index (χ0) is 22.7. The maximum absolute atomic E-state index is 13.0. The lowest BCUT2D eigenvalue weighted by Gasteiger charge is -2.18. The predicted octanol–water partition coefficient (Wildman–Crippen LogP) is 3.71. The van der Waals surface area contributed by atoms with Crippen LogP contribution in [0.4, 0.5) is 0 Å². The highest BCUT2D eigenvalue weighted by Crippen LogP contribution is 2.39. The number of carbonyl (C=O) groups excluding carboxylic acids is 1. The topological polar surface area (TPSA) is 84.3 Å². The summed E-state index contributed by atoms with van der Waals surface area (Å²) in [4.78, 5) is 13.2. The van der Waals surface area contributed by atoms with Crippen molar-refractivity contribution in [3.05, 3.63) is 77.6 Å². The van der Waals surface area contributed by atoms with Gasteiger partial charge in [-0.25, -0.2) is 13.1 Å². The summed E-state index contributed by atoms with van der Waals surface area (Å²) in [7, 11) is -3.49. The summed E-state index contributed by atoms with van der Waals surface area (Å²) in [6.45, 7) is 4.78. The molecule has 4 rings (SSSR count). The fraction of sp³-hybridized carbons (Fsp3) is 0.333. The first-order valence-corrected chi connectivity index (χ1v) is 12.4. The van der Waals surface area contributed by atoms with E-state index in [9.17, 15) is 13.2 Å². The summed E-state index contributed by atoms with van der Waals surface area (Å²) in [5.41, 5.74) is 3.12. The Balaban J connectivity index is 1.49. The Bertz CT molecular complexity index is 1180. The molecule has 0 radical (unpaired) electrons. The minimum Gasteiger partial charge on any atom is -0.347 e. The zero-order valence-electron chi connectivity index (χ0n) is 18.4. The monoisotopic (exact) mass is 452 g/mol. The van der Waals surface area contributed by atoms with E-state index in [1.807, 2.05) is 50.2 Å². The Morgan fingerprint density at radius 3 is 2.31 bits per heavy atom. The third kappa shape index (κ3) is 4.61. The first kappa shape index (κ1) is 22.2. The average molecular weight is 453 g/mol. The SMILES string of the molecule is CCN(CC)S(=O)(=O)c1ccc(CNC(=O)c2cc(C3CC3)nn2-c2ccccc2)cc1. The van der Waals surface area contributed by atoms with Gasteiger partial charge in [-0.1, -0.05) is 44.2 Å². The van der Waals surface area contributed by atoms with Crippen molar-refractivity contribution in [2.24, 2.45) is 0 Å². The molecule has 2 aromatic carbocycles. The van der Waals surface area contributed by atoms with E-state index in [0.717, 1.165) is 29.8 Å². The van der Waals surface area contributed by atoms with Gasteiger partial charge >= 0.3 is 0 Å². The minimum atomic E-state index is -3.49. The number of aromatic nitrogens is 2. The minimum absolute atomic E-state index is 0.215. The van der Waals surface area contributed by atoms with Crippen LogP contribution in [0.1, 0.15) is 54.4 Å². The van der Waals surface area contributed by atoms with E-state index in [1.54, 1.807) is 28.9 Å². The van der Waals surface area contributed by atoms with Crippen molar-refractivity contribution < 1.29 is 13.2 Å². The van der Waals surface area contributed by atoms with Gasteiger partial charge in [0.15, 0.2) is 0 Å². The number of sulfonamides is 1. The van der Waals surface area contributed by atoms with Gasteiger partial charge in [0, 0.05) is 25.6 Å². The van der Waals surface area contributed by atoms with Crippen LogP contribution in [-0.4, -0.2) is 41.5 Å². The Labute approximate surface area is 189 Å². The average Bonchev–Trinajstić information content (AvgIpc) is 3.57. The second-order valence-corrected chi connectivity index (χ2v) is 9.83. The highest BCUT2D eigenvalue weighted by Gasteiger charge is 2.29. The number of hydrogen-bond acceptors (Lipinski definition) is 4. The van der Waals surface area contributed by atoms with Gasteiger partial charge < -0.3 is 5.32 Å². The quantitative estimate of drug-likeness (QED) is 0.536. The Morgan fingerprint density at radius 2 is 1.72 bits per heavy atom. The molecule has 0 aliphatic heterocycles. The van der Waals surface area contributed by atoms with E-state index in [-0.39, 0.29) is 10.8 Å². The molecule has 8 heteroatoms. The molecular weight excluding hydrogens is 424 g/mol. The van der Waals surface area contributed by atoms with Gasteiger partial charge in [-0.2, -0.15) is 9.40 Å². The lowest BCUT2D eigenvalue weighted by Crippen LogP contribution is -2.30. The number of para-hydroxylation sites is 1. The van der Waals surface area contributed by atoms with Crippen LogP contribution < -0.4 is 5.32 Å². The predicted molar refractivity (Wildman–Crippen MR) is 123 cm³/mol. The summed E-state index contributed by atoms with van der Waals surface area (Å²) in [6.07, 6.45) is 2.21. The number of nitrogens with zero attached hydrogens (tertiary/aromatic N) is 3. The van der Waals surface area contributed by atoms with Gasteiger partial charge in [0.2, 0.25) is 10.0 Å². The largest absolute Gasteiger partial charge is 0.347 e. The second-order valence-electron chi connectivity index (χ2n) is 7.89. The van der Waals surface area contributed by atoms with Crippen LogP contribution in [-0.2, 0) is 16.6 Å². The van der Waals surface area contributed by atoms with Crippen LogP contribution in [0, 0.1) is 0 Å². The molecule has 32 heavy (non-hydrogen) atoms. The Hall–Kier alpha value is -2.97. The van der Waals surface area contributed by atoms with Crippen molar-refractivity contribution >= 4 is 15.9 Å². The molecule has 0 saturated heterocycles. The molecule has 0 bridgehead atoms. The molecule has 1 saturated carbocycles. The molecule has 1 aromatic heterocycles. The van der Waals surface area contributed by atoms with E-state index in [2.05, 4.69) is 10.4 Å². The van der Waals surface area contributed by atoms with E-state index < -0.39 is 10.0 Å². The normalized spacial score (nSPS) is 14.0. The Morgan fingerprint density at radius 1 is 1.06 bits per heavy atom. The molecule has 0 spiro atoms. The molecule has 7 nitrogen and oxygen atoms in total. The standard InChI is InChI=1S/C24H28N4O3S/c1-3-27(4-2)32(30,31)21-14-10-18(11-15-21)17-25-24(29)23-16-22(19-12-13-19)26-28(23)20-8-6-5-7-9-20/h5-11,14-16,19H,3-4,12-13,17H2,1-2H3,(H,25,29). The van der Waals surface area contributed by atoms with Gasteiger partial charge in [0.05, 0.1) is 16.3 Å². The molecule has 1 heterocycles. The molecule has 1 amide bonds. The van der Waals surface area contributed by atoms with E-state index >= 15 is 0 Å². The number of rotatable bonds is 9. The number of hydrogen-bond donors (Lipinski definition) is 1. The third-order valence-electron chi connectivity index (χ3n) is 5.68. The van der Waals surface area contributed by atoms with Crippen LogP contribution in [0.2, 0.25) is 0 Å². The van der Waals surface area contributed by atoms with Crippen LogP contribution in [0.3, 0.4) is 0 Å². The van der Waals surface area contributed by atoms with Gasteiger partial charge in [-0.15, -0.1) is 0 Å². The van der Waals surface area contributed by atoms with E-state index in [0.29, 0.717) is 31.2 Å². The Kier molecular flexibility index (Phi) is 6.43. The molecule has 3 aromatic rings. The van der Waals surface area contributed by atoms with Gasteiger partial charge in [0.25, 0.3) is 5.91 Å². The highest BCUT2D eigenvalue weighted by molar-refractivity contribution is 7.89. The summed E-state index contributed by atoms with van der Waals surface area (Å²) in [5.74, 6) is 0.222. The van der Waals surface area contributed by atoms with Crippen molar-refractivity contribution in [2.75, 3.05) is 13.1 Å². The summed E-state index contributed by atoms with van der Waals surface area (Å²) >= 11 is 0. The lowest BCUT2D eigenvalue weighted by atomic mass is 10.2. The smallest absolute Gasteiger partial charge is 0.270 e. The van der Waals surface area contributed by atoms with Crippen molar-refractivity contribution in [1.82, 2.24) is 19.4 Å². The summed E-state index contributed by atoms with van der Waals surface area (Å²) in [5, 5.41) is 7.62. The fourth-order valence-corrected chi connectivity index (χ4v) is 5.13. The molecular formula is C24H28N4O3S. The second kappa shape index (κ2) is 9.26. The molecule has 1 N–H and O–H groups in total. The lowest BCUT2D eigenvalue weighted by molar-refractivity contribution is 0.0943. The van der Waals surface area contributed by atoms with Gasteiger partial charge in [0.1, 0.15) is 5.69 Å². The number of amides is 1. The van der Waals surface area contributed by atoms with Crippen LogP contribution in [0.25, 0.3) is 5.69 Å². The van der Waals surface area contributed by atoms with E-state index in [1.165, 1.54) is 4.31 Å². The summed E-state index contributed by atoms with van der Waals surface area (Å²) < 4.78 is 28.4. The molecule has 1 fully saturated rings. The molecule has 1 aliphatic rings. The number of benzene rings is 2. The van der Waals surface area contributed by atoms with Gasteiger partial charge in [-0.05, 0) is 48.7 Å². The number of nitrogens with one attached hydrogen (secondary N) is 1. The molecule has 168 valence electrons. The third-order valence-corrected chi connectivity index (χ3v) is 7.74.